The van der Waals surface area contributed by atoms with E-state index in [-0.39, 0.29) is 18.0 Å². The van der Waals surface area contributed by atoms with Crippen molar-refractivity contribution in [3.05, 3.63) is 87.6 Å². The first-order valence-electron chi connectivity index (χ1n) is 14.1. The number of nitrogens with zero attached hydrogens (tertiary/aromatic N) is 3. The molecule has 2 aromatic heterocycles. The maximum atomic E-state index is 13.7. The molecule has 3 aromatic rings. The lowest BCUT2D eigenvalue weighted by Crippen LogP contribution is -2.35. The number of aromatic nitrogens is 2. The Kier molecular flexibility index (Phi) is 9.87. The predicted octanol–water partition coefficient (Wildman–Crippen LogP) is 5.46. The van der Waals surface area contributed by atoms with Crippen molar-refractivity contribution in [2.75, 3.05) is 19.6 Å². The zero-order valence-corrected chi connectivity index (χ0v) is 23.9. The third kappa shape index (κ3) is 7.64. The van der Waals surface area contributed by atoms with Crippen molar-refractivity contribution >= 4 is 5.97 Å². The smallest absolute Gasteiger partial charge is 0.305 e. The fourth-order valence-electron chi connectivity index (χ4n) is 5.77. The molecule has 3 atom stereocenters. The van der Waals surface area contributed by atoms with Crippen LogP contribution in [0.5, 0.6) is 0 Å². The number of carboxylic acid groups (broad SMARTS) is 1. The molecule has 1 aliphatic heterocycles. The zero-order chi connectivity index (χ0) is 28.8. The van der Waals surface area contributed by atoms with Crippen LogP contribution in [0, 0.1) is 19.8 Å². The number of benzene rings is 1. The van der Waals surface area contributed by atoms with Crippen LogP contribution >= 0.6 is 0 Å². The van der Waals surface area contributed by atoms with Crippen molar-refractivity contribution in [2.45, 2.75) is 71.8 Å². The molecule has 0 bridgehead atoms. The average molecular weight is 549 g/mol. The number of likely N-dealkylation sites (tertiary alicyclic amines) is 1. The Hall–Kier alpha value is -3.36. The van der Waals surface area contributed by atoms with Crippen molar-refractivity contribution < 1.29 is 14.3 Å². The monoisotopic (exact) mass is 548 g/mol. The minimum atomic E-state index is -0.911. The topological polar surface area (TPSA) is 87.5 Å². The Morgan fingerprint density at radius 1 is 1.18 bits per heavy atom. The number of aryl methyl sites for hydroxylation is 2. The van der Waals surface area contributed by atoms with Crippen molar-refractivity contribution in [3.8, 4) is 11.1 Å². The summed E-state index contributed by atoms with van der Waals surface area (Å²) in [5, 5.41) is 13.2. The molecule has 4 rings (SSSR count). The van der Waals surface area contributed by atoms with Gasteiger partial charge < -0.3 is 15.0 Å². The SMILES string of the molecule is Cc1cccc(C)c1-c1cncc([C@H](CC(=O)O)NCC(CC(C)C)n2cc(CN3CC[C@@H](F)C3)ccc2=O)c1. The molecule has 0 aliphatic carbocycles. The van der Waals surface area contributed by atoms with Gasteiger partial charge in [0.05, 0.1) is 6.42 Å². The number of carboxylic acids is 1. The molecule has 1 aromatic carbocycles. The first-order valence-corrected chi connectivity index (χ1v) is 14.1. The Bertz CT molecular complexity index is 1350. The van der Waals surface area contributed by atoms with E-state index in [4.69, 9.17) is 0 Å². The summed E-state index contributed by atoms with van der Waals surface area (Å²) >= 11 is 0. The van der Waals surface area contributed by atoms with Crippen molar-refractivity contribution in [1.82, 2.24) is 19.8 Å². The summed E-state index contributed by atoms with van der Waals surface area (Å²) in [7, 11) is 0. The molecule has 1 unspecified atom stereocenters. The number of hydrogen-bond donors (Lipinski definition) is 2. The first-order chi connectivity index (χ1) is 19.1. The lowest BCUT2D eigenvalue weighted by molar-refractivity contribution is -0.137. The van der Waals surface area contributed by atoms with Crippen molar-refractivity contribution in [1.29, 1.82) is 0 Å². The van der Waals surface area contributed by atoms with E-state index in [9.17, 15) is 19.1 Å². The molecule has 3 heterocycles. The van der Waals surface area contributed by atoms with Gasteiger partial charge in [-0.15, -0.1) is 0 Å². The number of hydrogen-bond acceptors (Lipinski definition) is 5. The quantitative estimate of drug-likeness (QED) is 0.312. The second-order valence-electron chi connectivity index (χ2n) is 11.5. The number of pyridine rings is 2. The minimum Gasteiger partial charge on any atom is -0.481 e. The molecule has 7 nitrogen and oxygen atoms in total. The van der Waals surface area contributed by atoms with E-state index in [2.05, 4.69) is 55.0 Å². The van der Waals surface area contributed by atoms with E-state index in [0.29, 0.717) is 38.5 Å². The van der Waals surface area contributed by atoms with Crippen LogP contribution in [0.2, 0.25) is 0 Å². The highest BCUT2D eigenvalue weighted by Gasteiger charge is 2.24. The van der Waals surface area contributed by atoms with Gasteiger partial charge in [0.1, 0.15) is 6.17 Å². The van der Waals surface area contributed by atoms with Crippen LogP contribution < -0.4 is 10.9 Å². The third-order valence-corrected chi connectivity index (χ3v) is 7.67. The summed E-state index contributed by atoms with van der Waals surface area (Å²) < 4.78 is 15.5. The van der Waals surface area contributed by atoms with E-state index in [1.807, 2.05) is 30.6 Å². The van der Waals surface area contributed by atoms with Crippen molar-refractivity contribution in [2.24, 2.45) is 5.92 Å². The molecular formula is C32H41FN4O3. The average Bonchev–Trinajstić information content (AvgIpc) is 3.31. The molecule has 0 spiro atoms. The van der Waals surface area contributed by atoms with Gasteiger partial charge in [-0.1, -0.05) is 38.1 Å². The fourth-order valence-corrected chi connectivity index (χ4v) is 5.77. The Morgan fingerprint density at radius 3 is 2.58 bits per heavy atom. The second kappa shape index (κ2) is 13.3. The number of nitrogens with one attached hydrogen (secondary N) is 1. The summed E-state index contributed by atoms with van der Waals surface area (Å²) in [6.07, 6.45) is 5.80. The highest BCUT2D eigenvalue weighted by atomic mass is 19.1. The van der Waals surface area contributed by atoms with E-state index in [1.165, 1.54) is 0 Å². The molecule has 1 fully saturated rings. The Labute approximate surface area is 236 Å². The summed E-state index contributed by atoms with van der Waals surface area (Å²) in [5.41, 5.74) is 5.98. The number of halogens is 1. The molecule has 1 aliphatic rings. The molecule has 0 radical (unpaired) electrons. The van der Waals surface area contributed by atoms with Crippen LogP contribution in [0.1, 0.15) is 67.4 Å². The van der Waals surface area contributed by atoms with E-state index in [1.54, 1.807) is 16.8 Å². The largest absolute Gasteiger partial charge is 0.481 e. The van der Waals surface area contributed by atoms with Gasteiger partial charge in [-0.3, -0.25) is 19.5 Å². The number of aliphatic carboxylic acids is 1. The normalized spacial score (nSPS) is 17.3. The molecule has 214 valence electrons. The molecular weight excluding hydrogens is 507 g/mol. The number of alkyl halides is 1. The van der Waals surface area contributed by atoms with Crippen LogP contribution in [0.4, 0.5) is 4.39 Å². The molecule has 1 saturated heterocycles. The van der Waals surface area contributed by atoms with Crippen LogP contribution in [0.25, 0.3) is 11.1 Å². The van der Waals surface area contributed by atoms with Gasteiger partial charge in [0, 0.05) is 68.5 Å². The van der Waals surface area contributed by atoms with Crippen LogP contribution in [-0.2, 0) is 11.3 Å². The Morgan fingerprint density at radius 2 is 1.93 bits per heavy atom. The van der Waals surface area contributed by atoms with Crippen LogP contribution in [-0.4, -0.2) is 51.3 Å². The molecule has 2 N–H and O–H groups in total. The maximum Gasteiger partial charge on any atom is 0.305 e. The minimum absolute atomic E-state index is 0.102. The number of rotatable bonds is 12. The summed E-state index contributed by atoms with van der Waals surface area (Å²) in [6, 6.07) is 10.9. The second-order valence-corrected chi connectivity index (χ2v) is 11.5. The van der Waals surface area contributed by atoms with Gasteiger partial charge in [-0.2, -0.15) is 0 Å². The van der Waals surface area contributed by atoms with Gasteiger partial charge in [0.2, 0.25) is 0 Å². The molecule has 0 saturated carbocycles. The highest BCUT2D eigenvalue weighted by Crippen LogP contribution is 2.29. The summed E-state index contributed by atoms with van der Waals surface area (Å²) in [6.45, 7) is 10.5. The predicted molar refractivity (Wildman–Crippen MR) is 156 cm³/mol. The van der Waals surface area contributed by atoms with Crippen molar-refractivity contribution in [3.63, 3.8) is 0 Å². The van der Waals surface area contributed by atoms with Crippen LogP contribution in [0.15, 0.2) is 59.8 Å². The van der Waals surface area contributed by atoms with Gasteiger partial charge in [-0.05, 0) is 66.5 Å². The van der Waals surface area contributed by atoms with Gasteiger partial charge >= 0.3 is 5.97 Å². The lowest BCUT2D eigenvalue weighted by Gasteiger charge is -2.26. The van der Waals surface area contributed by atoms with Gasteiger partial charge in [0.25, 0.3) is 5.56 Å². The van der Waals surface area contributed by atoms with E-state index >= 15 is 0 Å². The van der Waals surface area contributed by atoms with Gasteiger partial charge in [-0.25, -0.2) is 4.39 Å². The van der Waals surface area contributed by atoms with Crippen LogP contribution in [0.3, 0.4) is 0 Å². The maximum absolute atomic E-state index is 13.7. The number of carbonyl (C=O) groups is 1. The Balaban J connectivity index is 1.59. The standard InChI is InChI=1S/C32H41FN4O3/c1-21(2)12-28(37-19-24(8-9-30(37)38)18-36-11-10-27(33)20-36)17-35-29(14-31(39)40)25-13-26(16-34-15-25)32-22(3)6-5-7-23(32)4/h5-9,13,15-16,19,21,27-29,35H,10-12,14,17-18,20H2,1-4H3,(H,39,40)/t27-,28?,29+/m1/s1. The molecule has 40 heavy (non-hydrogen) atoms. The molecule has 8 heteroatoms. The first kappa shape index (κ1) is 29.6. The molecule has 0 amide bonds. The highest BCUT2D eigenvalue weighted by molar-refractivity contribution is 5.71. The fraction of sp³-hybridized carbons (Fsp3) is 0.469. The van der Waals surface area contributed by atoms with Gasteiger partial charge in [0.15, 0.2) is 0 Å². The van der Waals surface area contributed by atoms with E-state index in [0.717, 1.165) is 39.8 Å². The third-order valence-electron chi connectivity index (χ3n) is 7.67. The van der Waals surface area contributed by atoms with E-state index < -0.39 is 18.2 Å². The lowest BCUT2D eigenvalue weighted by atomic mass is 9.94. The summed E-state index contributed by atoms with van der Waals surface area (Å²) in [5.74, 6) is -0.591. The summed E-state index contributed by atoms with van der Waals surface area (Å²) in [4.78, 5) is 31.4. The zero-order valence-electron chi connectivity index (χ0n) is 23.9.